The average Bonchev–Trinajstić information content (AvgIpc) is 3.46. The maximum atomic E-state index is 13.4. The summed E-state index contributed by atoms with van der Waals surface area (Å²) in [4.78, 5) is 0. The number of nitrogens with zero attached hydrogens (tertiary/aromatic N) is 7. The van der Waals surface area contributed by atoms with Gasteiger partial charge in [-0.05, 0) is 58.0 Å². The van der Waals surface area contributed by atoms with E-state index in [2.05, 4.69) is 25.8 Å². The molecule has 0 saturated heterocycles. The summed E-state index contributed by atoms with van der Waals surface area (Å²) in [6, 6.07) is 10.4. The largest absolute Gasteiger partial charge is 0.493 e. The maximum Gasteiger partial charge on any atom is 0.182 e. The van der Waals surface area contributed by atoms with Crippen LogP contribution in [0.2, 0.25) is 10.0 Å². The van der Waals surface area contributed by atoms with Gasteiger partial charge in [0.1, 0.15) is 17.3 Å². The zero-order valence-electron chi connectivity index (χ0n) is 16.7. The molecule has 11 nitrogen and oxygen atoms in total. The standard InChI is InChI=1S/C19H15Cl2FN8O3/c20-11-1-4-13(5-2-11)32-8-7-17-24-27-28-29(17)10-16-18(26-33-25-16)19(23)30(31)12-3-6-15(22)14(21)9-12/h1-6,9,23,31H,7-8,10H2. The lowest BCUT2D eigenvalue weighted by molar-refractivity contribution is 0.296. The summed E-state index contributed by atoms with van der Waals surface area (Å²) in [5.74, 6) is 0.0272. The first-order valence-electron chi connectivity index (χ1n) is 9.40. The molecule has 2 N–H and O–H groups in total. The van der Waals surface area contributed by atoms with Crippen molar-refractivity contribution in [1.82, 2.24) is 30.5 Å². The maximum absolute atomic E-state index is 13.4. The zero-order valence-corrected chi connectivity index (χ0v) is 18.2. The van der Waals surface area contributed by atoms with E-state index in [1.54, 1.807) is 24.3 Å². The lowest BCUT2D eigenvalue weighted by Crippen LogP contribution is -2.28. The van der Waals surface area contributed by atoms with Gasteiger partial charge in [-0.15, -0.1) is 5.10 Å². The van der Waals surface area contributed by atoms with Crippen molar-refractivity contribution in [2.24, 2.45) is 0 Å². The van der Waals surface area contributed by atoms with Crippen molar-refractivity contribution in [3.63, 3.8) is 0 Å². The summed E-state index contributed by atoms with van der Waals surface area (Å²) in [5, 5.41) is 38.5. The number of hydrogen-bond donors (Lipinski definition) is 2. The van der Waals surface area contributed by atoms with Crippen LogP contribution in [0.25, 0.3) is 0 Å². The van der Waals surface area contributed by atoms with Crippen molar-refractivity contribution in [3.05, 3.63) is 75.5 Å². The summed E-state index contributed by atoms with van der Waals surface area (Å²) >= 11 is 11.6. The van der Waals surface area contributed by atoms with Crippen LogP contribution in [0, 0.1) is 11.2 Å². The Morgan fingerprint density at radius 2 is 1.97 bits per heavy atom. The van der Waals surface area contributed by atoms with Crippen molar-refractivity contribution in [3.8, 4) is 5.75 Å². The third-order valence-electron chi connectivity index (χ3n) is 4.45. The minimum Gasteiger partial charge on any atom is -0.493 e. The fourth-order valence-corrected chi connectivity index (χ4v) is 3.10. The molecule has 0 unspecified atom stereocenters. The number of hydrogen-bond acceptors (Lipinski definition) is 9. The normalized spacial score (nSPS) is 10.9. The lowest BCUT2D eigenvalue weighted by atomic mass is 10.2. The molecule has 4 rings (SSSR count). The van der Waals surface area contributed by atoms with Gasteiger partial charge in [0.15, 0.2) is 17.4 Å². The summed E-state index contributed by atoms with van der Waals surface area (Å²) in [6.45, 7) is 0.319. The molecule has 4 aromatic rings. The Bertz CT molecular complexity index is 1260. The van der Waals surface area contributed by atoms with Gasteiger partial charge in [-0.25, -0.2) is 18.8 Å². The van der Waals surface area contributed by atoms with Crippen molar-refractivity contribution in [1.29, 1.82) is 5.41 Å². The molecule has 170 valence electrons. The zero-order chi connectivity index (χ0) is 23.4. The number of rotatable bonds is 8. The second kappa shape index (κ2) is 9.90. The van der Waals surface area contributed by atoms with Crippen LogP contribution in [0.15, 0.2) is 47.1 Å². The number of amidine groups is 1. The van der Waals surface area contributed by atoms with Crippen LogP contribution in [0.3, 0.4) is 0 Å². The molecule has 0 fully saturated rings. The summed E-state index contributed by atoms with van der Waals surface area (Å²) in [6.07, 6.45) is 0.383. The average molecular weight is 493 g/mol. The van der Waals surface area contributed by atoms with E-state index in [0.29, 0.717) is 34.7 Å². The summed E-state index contributed by atoms with van der Waals surface area (Å²) < 4.78 is 25.2. The third-order valence-corrected chi connectivity index (χ3v) is 5.00. The highest BCUT2D eigenvalue weighted by molar-refractivity contribution is 6.31. The van der Waals surface area contributed by atoms with Crippen LogP contribution in [-0.2, 0) is 13.0 Å². The SMILES string of the molecule is N=C(c1nonc1Cn1nnnc1CCOc1ccc(Cl)cc1)N(O)c1ccc(F)c(Cl)c1. The van der Waals surface area contributed by atoms with Gasteiger partial charge in [-0.2, -0.15) is 0 Å². The predicted molar refractivity (Wildman–Crippen MR) is 114 cm³/mol. The molecule has 2 aromatic heterocycles. The number of benzene rings is 2. The van der Waals surface area contributed by atoms with Crippen LogP contribution < -0.4 is 9.80 Å². The van der Waals surface area contributed by atoms with Crippen molar-refractivity contribution in [2.45, 2.75) is 13.0 Å². The number of nitrogens with one attached hydrogen (secondary N) is 1. The van der Waals surface area contributed by atoms with Crippen LogP contribution >= 0.6 is 23.2 Å². The molecule has 0 atom stereocenters. The number of ether oxygens (including phenoxy) is 1. The van der Waals surface area contributed by atoms with Gasteiger partial charge in [0, 0.05) is 11.4 Å². The second-order valence-corrected chi connectivity index (χ2v) is 7.47. The summed E-state index contributed by atoms with van der Waals surface area (Å²) in [7, 11) is 0. The van der Waals surface area contributed by atoms with E-state index in [1.165, 1.54) is 16.8 Å². The lowest BCUT2D eigenvalue weighted by Gasteiger charge is -2.16. The molecule has 0 aliphatic rings. The molecule has 2 heterocycles. The monoisotopic (exact) mass is 492 g/mol. The Kier molecular flexibility index (Phi) is 6.77. The number of tetrazole rings is 1. The van der Waals surface area contributed by atoms with E-state index in [0.717, 1.165) is 6.07 Å². The second-order valence-electron chi connectivity index (χ2n) is 6.62. The topological polar surface area (TPSA) is 139 Å². The number of hydroxylamine groups is 1. The molecule has 0 bridgehead atoms. The Hall–Kier alpha value is -3.61. The highest BCUT2D eigenvalue weighted by Crippen LogP contribution is 2.23. The molecule has 0 aliphatic carbocycles. The van der Waals surface area contributed by atoms with Crippen molar-refractivity contribution >= 4 is 34.7 Å². The van der Waals surface area contributed by atoms with E-state index in [9.17, 15) is 9.60 Å². The molecule has 0 saturated carbocycles. The molecule has 0 aliphatic heterocycles. The Balaban J connectivity index is 1.43. The molecular formula is C19H15Cl2FN8O3. The quantitative estimate of drug-likeness (QED) is 0.215. The predicted octanol–water partition coefficient (Wildman–Crippen LogP) is 3.39. The van der Waals surface area contributed by atoms with E-state index < -0.39 is 11.7 Å². The molecule has 14 heteroatoms. The van der Waals surface area contributed by atoms with Crippen LogP contribution in [0.4, 0.5) is 10.1 Å². The van der Waals surface area contributed by atoms with Gasteiger partial charge in [-0.3, -0.25) is 10.6 Å². The Labute approximate surface area is 195 Å². The molecule has 0 spiro atoms. The van der Waals surface area contributed by atoms with Gasteiger partial charge >= 0.3 is 0 Å². The van der Waals surface area contributed by atoms with Crippen molar-refractivity contribution in [2.75, 3.05) is 11.7 Å². The molecular weight excluding hydrogens is 478 g/mol. The van der Waals surface area contributed by atoms with Crippen LogP contribution in [-0.4, -0.2) is 48.2 Å². The first-order valence-corrected chi connectivity index (χ1v) is 10.2. The fourth-order valence-electron chi connectivity index (χ4n) is 2.79. The van der Waals surface area contributed by atoms with Gasteiger partial charge in [0.05, 0.1) is 23.9 Å². The highest BCUT2D eigenvalue weighted by atomic mass is 35.5. The molecule has 2 aromatic carbocycles. The molecule has 0 amide bonds. The summed E-state index contributed by atoms with van der Waals surface area (Å²) in [5.41, 5.74) is 0.194. The number of anilines is 1. The van der Waals surface area contributed by atoms with Gasteiger partial charge in [0.25, 0.3) is 0 Å². The third kappa shape index (κ3) is 5.25. The van der Waals surface area contributed by atoms with Crippen LogP contribution in [0.5, 0.6) is 5.75 Å². The molecule has 0 radical (unpaired) electrons. The number of aromatic nitrogens is 6. The van der Waals surface area contributed by atoms with Gasteiger partial charge in [0.2, 0.25) is 0 Å². The first kappa shape index (κ1) is 22.6. The first-order chi connectivity index (χ1) is 15.9. The minimum absolute atomic E-state index is 0.0164. The highest BCUT2D eigenvalue weighted by Gasteiger charge is 2.23. The minimum atomic E-state index is -0.657. The Morgan fingerprint density at radius 3 is 2.73 bits per heavy atom. The van der Waals surface area contributed by atoms with E-state index >= 15 is 0 Å². The number of halogens is 3. The van der Waals surface area contributed by atoms with Crippen molar-refractivity contribution < 1.29 is 19.0 Å². The van der Waals surface area contributed by atoms with Gasteiger partial charge < -0.3 is 4.74 Å². The van der Waals surface area contributed by atoms with E-state index in [4.69, 9.17) is 38.0 Å². The smallest absolute Gasteiger partial charge is 0.182 e. The van der Waals surface area contributed by atoms with E-state index in [1.807, 2.05) is 0 Å². The fraction of sp³-hybridized carbons (Fsp3) is 0.158. The van der Waals surface area contributed by atoms with E-state index in [-0.39, 0.29) is 28.6 Å². The van der Waals surface area contributed by atoms with Gasteiger partial charge in [-0.1, -0.05) is 28.4 Å². The molecule has 33 heavy (non-hydrogen) atoms. The van der Waals surface area contributed by atoms with Crippen LogP contribution in [0.1, 0.15) is 17.2 Å². The Morgan fingerprint density at radius 1 is 1.18 bits per heavy atom.